The number of ether oxygens (including phenoxy) is 1. The van der Waals surface area contributed by atoms with Gasteiger partial charge >= 0.3 is 0 Å². The third-order valence-electron chi connectivity index (χ3n) is 6.50. The molecule has 6 rings (SSSR count). The van der Waals surface area contributed by atoms with Gasteiger partial charge in [0.1, 0.15) is 5.75 Å². The molecule has 0 atom stereocenters. The molecule has 0 unspecified atom stereocenters. The van der Waals surface area contributed by atoms with E-state index >= 15 is 0 Å². The van der Waals surface area contributed by atoms with E-state index in [1.54, 1.807) is 0 Å². The molecular weight excluding hydrogens is 260 g/mol. The lowest BCUT2D eigenvalue weighted by Gasteiger charge is -2.53. The Labute approximate surface area is 125 Å². The fourth-order valence-corrected chi connectivity index (χ4v) is 5.89. The summed E-state index contributed by atoms with van der Waals surface area (Å²) in [4.78, 5) is 13.1. The highest BCUT2D eigenvalue weighted by molar-refractivity contribution is 5.98. The van der Waals surface area contributed by atoms with Crippen LogP contribution in [0.15, 0.2) is 18.2 Å². The number of hydrogen-bond acceptors (Lipinski definition) is 2. The third kappa shape index (κ3) is 1.81. The van der Waals surface area contributed by atoms with Gasteiger partial charge in [0.2, 0.25) is 0 Å². The molecule has 0 spiro atoms. The first kappa shape index (κ1) is 12.3. The van der Waals surface area contributed by atoms with Crippen molar-refractivity contribution in [1.29, 1.82) is 0 Å². The van der Waals surface area contributed by atoms with Gasteiger partial charge in [-0.2, -0.15) is 0 Å². The molecule has 4 fully saturated rings. The van der Waals surface area contributed by atoms with Gasteiger partial charge in [-0.05, 0) is 79.5 Å². The van der Waals surface area contributed by atoms with Crippen LogP contribution in [-0.2, 0) is 6.42 Å². The van der Waals surface area contributed by atoms with Crippen molar-refractivity contribution in [2.24, 2.45) is 29.6 Å². The highest BCUT2D eigenvalue weighted by atomic mass is 16.5. The second kappa shape index (κ2) is 4.34. The predicted octanol–water partition coefficient (Wildman–Crippen LogP) is 3.88. The minimum Gasteiger partial charge on any atom is -0.493 e. The Morgan fingerprint density at radius 3 is 2.43 bits per heavy atom. The zero-order valence-electron chi connectivity index (χ0n) is 12.4. The van der Waals surface area contributed by atoms with E-state index in [0.29, 0.717) is 23.5 Å². The minimum absolute atomic E-state index is 0.318. The molecule has 2 nitrogen and oxygen atoms in total. The second-order valence-electron chi connectivity index (χ2n) is 7.74. The van der Waals surface area contributed by atoms with Crippen molar-refractivity contribution in [3.63, 3.8) is 0 Å². The van der Waals surface area contributed by atoms with E-state index in [9.17, 15) is 4.79 Å². The first-order chi connectivity index (χ1) is 10.3. The van der Waals surface area contributed by atoms with Crippen LogP contribution in [0.1, 0.15) is 48.0 Å². The third-order valence-corrected chi connectivity index (χ3v) is 6.50. The maximum atomic E-state index is 13.1. The van der Waals surface area contributed by atoms with E-state index in [-0.39, 0.29) is 0 Å². The number of ketones is 1. The predicted molar refractivity (Wildman–Crippen MR) is 80.5 cm³/mol. The highest BCUT2D eigenvalue weighted by Gasteiger charge is 2.50. The fraction of sp³-hybridized carbons (Fsp3) is 0.632. The van der Waals surface area contributed by atoms with Crippen molar-refractivity contribution in [1.82, 2.24) is 0 Å². The molecule has 4 bridgehead atoms. The molecule has 1 aliphatic heterocycles. The van der Waals surface area contributed by atoms with Crippen LogP contribution in [-0.4, -0.2) is 12.4 Å². The SMILES string of the molecule is O=C(c1ccc2c(c1)CCO2)C1C2CC3CC(C2)CC1C3. The molecule has 5 aliphatic rings. The van der Waals surface area contributed by atoms with E-state index in [1.807, 2.05) is 12.1 Å². The van der Waals surface area contributed by atoms with Crippen molar-refractivity contribution in [2.45, 2.75) is 38.5 Å². The van der Waals surface area contributed by atoms with Gasteiger partial charge in [0.25, 0.3) is 0 Å². The van der Waals surface area contributed by atoms with Gasteiger partial charge in [-0.1, -0.05) is 0 Å². The standard InChI is InChI=1S/C19H22O2/c20-19(14-1-2-17-13(10-14)3-4-21-17)18-15-6-11-5-12(8-15)9-16(18)7-11/h1-2,10-12,15-16,18H,3-9H2. The molecule has 0 radical (unpaired) electrons. The molecule has 1 aromatic carbocycles. The molecule has 4 saturated carbocycles. The van der Waals surface area contributed by atoms with Crippen LogP contribution >= 0.6 is 0 Å². The zero-order valence-corrected chi connectivity index (χ0v) is 12.4. The Bertz CT molecular complexity index is 576. The number of benzene rings is 1. The Morgan fingerprint density at radius 2 is 1.71 bits per heavy atom. The summed E-state index contributed by atoms with van der Waals surface area (Å²) in [5.74, 6) is 4.96. The number of Topliss-reactive ketones (excluding diaryl/α,β-unsaturated/α-hetero) is 1. The molecule has 0 N–H and O–H groups in total. The van der Waals surface area contributed by atoms with Crippen LogP contribution in [0.5, 0.6) is 5.75 Å². The van der Waals surface area contributed by atoms with Crippen molar-refractivity contribution >= 4 is 5.78 Å². The largest absolute Gasteiger partial charge is 0.493 e. The number of carbonyl (C=O) groups excluding carboxylic acids is 1. The van der Waals surface area contributed by atoms with Crippen LogP contribution in [0.3, 0.4) is 0 Å². The van der Waals surface area contributed by atoms with E-state index in [2.05, 4.69) is 6.07 Å². The van der Waals surface area contributed by atoms with E-state index in [4.69, 9.17) is 4.74 Å². The van der Waals surface area contributed by atoms with Crippen LogP contribution in [0.2, 0.25) is 0 Å². The molecule has 0 amide bonds. The lowest BCUT2D eigenvalue weighted by molar-refractivity contribution is -0.0251. The number of fused-ring (bicyclic) bond motifs is 1. The second-order valence-corrected chi connectivity index (χ2v) is 7.74. The summed E-state index contributed by atoms with van der Waals surface area (Å²) in [6, 6.07) is 6.11. The summed E-state index contributed by atoms with van der Waals surface area (Å²) in [7, 11) is 0. The maximum absolute atomic E-state index is 13.1. The van der Waals surface area contributed by atoms with Crippen molar-refractivity contribution in [3.8, 4) is 5.75 Å². The summed E-state index contributed by atoms with van der Waals surface area (Å²) in [6.07, 6.45) is 7.67. The quantitative estimate of drug-likeness (QED) is 0.770. The molecular formula is C19H22O2. The van der Waals surface area contributed by atoms with Crippen molar-refractivity contribution in [3.05, 3.63) is 29.3 Å². The number of hydrogen-bond donors (Lipinski definition) is 0. The molecule has 21 heavy (non-hydrogen) atoms. The Hall–Kier alpha value is -1.31. The zero-order chi connectivity index (χ0) is 14.0. The lowest BCUT2D eigenvalue weighted by atomic mass is 9.51. The van der Waals surface area contributed by atoms with Gasteiger partial charge < -0.3 is 4.74 Å². The lowest BCUT2D eigenvalue weighted by Crippen LogP contribution is -2.48. The first-order valence-corrected chi connectivity index (χ1v) is 8.58. The molecule has 0 aromatic heterocycles. The Morgan fingerprint density at radius 1 is 1.00 bits per heavy atom. The average Bonchev–Trinajstić information content (AvgIpc) is 2.93. The fourth-order valence-electron chi connectivity index (χ4n) is 5.89. The van der Waals surface area contributed by atoms with E-state index in [1.165, 1.54) is 37.7 Å². The first-order valence-electron chi connectivity index (χ1n) is 8.58. The average molecular weight is 282 g/mol. The number of carbonyl (C=O) groups is 1. The number of rotatable bonds is 2. The van der Waals surface area contributed by atoms with Gasteiger partial charge in [-0.15, -0.1) is 0 Å². The normalized spacial score (nSPS) is 39.1. The highest BCUT2D eigenvalue weighted by Crippen LogP contribution is 2.57. The molecule has 2 heteroatoms. The van der Waals surface area contributed by atoms with Crippen LogP contribution < -0.4 is 4.74 Å². The molecule has 1 aromatic rings. The van der Waals surface area contributed by atoms with Gasteiger partial charge in [0.15, 0.2) is 5.78 Å². The summed E-state index contributed by atoms with van der Waals surface area (Å²) < 4.78 is 5.56. The van der Waals surface area contributed by atoms with E-state index in [0.717, 1.165) is 36.2 Å². The van der Waals surface area contributed by atoms with Gasteiger partial charge in [0, 0.05) is 17.9 Å². The van der Waals surface area contributed by atoms with Crippen molar-refractivity contribution in [2.75, 3.05) is 6.61 Å². The van der Waals surface area contributed by atoms with Crippen molar-refractivity contribution < 1.29 is 9.53 Å². The van der Waals surface area contributed by atoms with Gasteiger partial charge in [0.05, 0.1) is 6.61 Å². The minimum atomic E-state index is 0.318. The van der Waals surface area contributed by atoms with Crippen LogP contribution in [0, 0.1) is 29.6 Å². The van der Waals surface area contributed by atoms with E-state index < -0.39 is 0 Å². The Kier molecular flexibility index (Phi) is 2.54. The summed E-state index contributed by atoms with van der Waals surface area (Å²) in [5, 5.41) is 0. The monoisotopic (exact) mass is 282 g/mol. The van der Waals surface area contributed by atoms with Gasteiger partial charge in [-0.3, -0.25) is 4.79 Å². The topological polar surface area (TPSA) is 26.3 Å². The molecule has 0 saturated heterocycles. The molecule has 4 aliphatic carbocycles. The smallest absolute Gasteiger partial charge is 0.166 e. The molecule has 1 heterocycles. The summed E-state index contributed by atoms with van der Waals surface area (Å²) in [6.45, 7) is 0.769. The van der Waals surface area contributed by atoms with Gasteiger partial charge in [-0.25, -0.2) is 0 Å². The van der Waals surface area contributed by atoms with Crippen LogP contribution in [0.4, 0.5) is 0 Å². The Balaban J connectivity index is 1.46. The molecule has 110 valence electrons. The van der Waals surface area contributed by atoms with Crippen LogP contribution in [0.25, 0.3) is 0 Å². The maximum Gasteiger partial charge on any atom is 0.166 e. The summed E-state index contributed by atoms with van der Waals surface area (Å²) >= 11 is 0. The summed E-state index contributed by atoms with van der Waals surface area (Å²) in [5.41, 5.74) is 2.17.